The first-order valence-electron chi connectivity index (χ1n) is 8.56. The summed E-state index contributed by atoms with van der Waals surface area (Å²) in [5.74, 6) is 2.52. The average molecular weight is 339 g/mol. The monoisotopic (exact) mass is 339 g/mol. The molecule has 0 spiro atoms. The van der Waals surface area contributed by atoms with E-state index >= 15 is 0 Å². The van der Waals surface area contributed by atoms with Gasteiger partial charge in [0.25, 0.3) is 0 Å². The van der Waals surface area contributed by atoms with Gasteiger partial charge in [0.2, 0.25) is 0 Å². The first kappa shape index (κ1) is 15.4. The van der Waals surface area contributed by atoms with Crippen LogP contribution in [0.4, 0.5) is 11.5 Å². The number of nitrogens with one attached hydrogen (secondary N) is 1. The van der Waals surface area contributed by atoms with Crippen molar-refractivity contribution < 1.29 is 4.74 Å². The van der Waals surface area contributed by atoms with E-state index in [2.05, 4.69) is 15.3 Å². The standard InChI is InChI=1S/C19H21N3OS/c1-2-4-14(5-3-1)12-23-16-8-6-15(7-9-16)22-19-18-17(10-11-24-18)20-13-21-19/h6-11,13-14H,1-5,12H2,(H,20,21,22). The van der Waals surface area contributed by atoms with Crippen LogP contribution in [0.2, 0.25) is 0 Å². The van der Waals surface area contributed by atoms with Gasteiger partial charge in [-0.3, -0.25) is 0 Å². The summed E-state index contributed by atoms with van der Waals surface area (Å²) in [6.07, 6.45) is 8.31. The maximum absolute atomic E-state index is 5.96. The Morgan fingerprint density at radius 1 is 1.04 bits per heavy atom. The van der Waals surface area contributed by atoms with Crippen LogP contribution in [-0.2, 0) is 0 Å². The number of thiophene rings is 1. The first-order valence-corrected chi connectivity index (χ1v) is 9.44. The van der Waals surface area contributed by atoms with Gasteiger partial charge in [-0.25, -0.2) is 9.97 Å². The van der Waals surface area contributed by atoms with Crippen molar-refractivity contribution in [1.29, 1.82) is 0 Å². The Morgan fingerprint density at radius 3 is 2.71 bits per heavy atom. The van der Waals surface area contributed by atoms with Crippen molar-refractivity contribution in [3.63, 3.8) is 0 Å². The Kier molecular flexibility index (Phi) is 4.60. The molecule has 1 aromatic carbocycles. The minimum atomic E-state index is 0.727. The topological polar surface area (TPSA) is 47.0 Å². The fourth-order valence-corrected chi connectivity index (χ4v) is 4.01. The fourth-order valence-electron chi connectivity index (χ4n) is 3.22. The van der Waals surface area contributed by atoms with E-state index in [0.717, 1.165) is 40.0 Å². The van der Waals surface area contributed by atoms with Gasteiger partial charge in [0.05, 0.1) is 16.8 Å². The van der Waals surface area contributed by atoms with E-state index in [1.807, 2.05) is 35.7 Å². The zero-order chi connectivity index (χ0) is 16.2. The Bertz CT molecular complexity index is 794. The van der Waals surface area contributed by atoms with E-state index in [9.17, 15) is 0 Å². The van der Waals surface area contributed by atoms with Crippen molar-refractivity contribution in [1.82, 2.24) is 9.97 Å². The van der Waals surface area contributed by atoms with Gasteiger partial charge in [0.1, 0.15) is 12.1 Å². The number of rotatable bonds is 5. The first-order chi connectivity index (χ1) is 11.9. The zero-order valence-corrected chi connectivity index (χ0v) is 14.4. The van der Waals surface area contributed by atoms with Gasteiger partial charge in [-0.1, -0.05) is 19.3 Å². The van der Waals surface area contributed by atoms with Gasteiger partial charge in [-0.05, 0) is 54.5 Å². The predicted octanol–water partition coefficient (Wildman–Crippen LogP) is 5.39. The molecular weight excluding hydrogens is 318 g/mol. The summed E-state index contributed by atoms with van der Waals surface area (Å²) in [5, 5.41) is 5.40. The van der Waals surface area contributed by atoms with Crippen molar-refractivity contribution in [3.05, 3.63) is 42.0 Å². The lowest BCUT2D eigenvalue weighted by Gasteiger charge is -2.21. The second kappa shape index (κ2) is 7.18. The van der Waals surface area contributed by atoms with Crippen molar-refractivity contribution in [2.75, 3.05) is 11.9 Å². The number of benzene rings is 1. The average Bonchev–Trinajstić information content (AvgIpc) is 3.12. The van der Waals surface area contributed by atoms with Crippen LogP contribution in [0.25, 0.3) is 10.2 Å². The number of ether oxygens (including phenoxy) is 1. The van der Waals surface area contributed by atoms with Gasteiger partial charge in [-0.2, -0.15) is 0 Å². The summed E-state index contributed by atoms with van der Waals surface area (Å²) in [4.78, 5) is 8.62. The molecule has 5 heteroatoms. The molecule has 2 heterocycles. The summed E-state index contributed by atoms with van der Waals surface area (Å²) >= 11 is 1.65. The SMILES string of the molecule is c1nc(Nc2ccc(OCC3CCCCC3)cc2)c2sccc2n1. The molecule has 0 saturated heterocycles. The third kappa shape index (κ3) is 3.51. The number of hydrogen-bond donors (Lipinski definition) is 1. The highest BCUT2D eigenvalue weighted by Gasteiger charge is 2.14. The third-order valence-corrected chi connectivity index (χ3v) is 5.48. The highest BCUT2D eigenvalue weighted by molar-refractivity contribution is 7.17. The molecule has 24 heavy (non-hydrogen) atoms. The molecule has 0 aliphatic heterocycles. The predicted molar refractivity (Wildman–Crippen MR) is 99.2 cm³/mol. The lowest BCUT2D eigenvalue weighted by atomic mass is 9.90. The van der Waals surface area contributed by atoms with Crippen molar-refractivity contribution in [3.8, 4) is 5.75 Å². The molecule has 0 amide bonds. The quantitative estimate of drug-likeness (QED) is 0.676. The molecule has 0 radical (unpaired) electrons. The molecule has 1 aliphatic carbocycles. The van der Waals surface area contributed by atoms with E-state index in [1.54, 1.807) is 17.7 Å². The van der Waals surface area contributed by atoms with Crippen molar-refractivity contribution >= 4 is 33.1 Å². The van der Waals surface area contributed by atoms with Gasteiger partial charge in [0.15, 0.2) is 5.82 Å². The minimum absolute atomic E-state index is 0.727. The lowest BCUT2D eigenvalue weighted by Crippen LogP contribution is -2.15. The summed E-state index contributed by atoms with van der Waals surface area (Å²) < 4.78 is 7.04. The van der Waals surface area contributed by atoms with Crippen LogP contribution in [-0.4, -0.2) is 16.6 Å². The Balaban J connectivity index is 1.39. The third-order valence-electron chi connectivity index (χ3n) is 4.57. The highest BCUT2D eigenvalue weighted by atomic mass is 32.1. The minimum Gasteiger partial charge on any atom is -0.493 e. The molecule has 4 rings (SSSR count). The van der Waals surface area contributed by atoms with Crippen LogP contribution >= 0.6 is 11.3 Å². The van der Waals surface area contributed by atoms with Crippen LogP contribution in [0, 0.1) is 5.92 Å². The lowest BCUT2D eigenvalue weighted by molar-refractivity contribution is 0.209. The summed E-state index contributed by atoms with van der Waals surface area (Å²) in [6.45, 7) is 0.842. The van der Waals surface area contributed by atoms with E-state index in [4.69, 9.17) is 4.74 Å². The van der Waals surface area contributed by atoms with E-state index in [1.165, 1.54) is 32.1 Å². The summed E-state index contributed by atoms with van der Waals surface area (Å²) in [7, 11) is 0. The molecule has 1 N–H and O–H groups in total. The number of anilines is 2. The molecular formula is C19H21N3OS. The maximum Gasteiger partial charge on any atom is 0.151 e. The summed E-state index contributed by atoms with van der Waals surface area (Å²) in [5.41, 5.74) is 1.98. The zero-order valence-electron chi connectivity index (χ0n) is 13.6. The number of fused-ring (bicyclic) bond motifs is 1. The maximum atomic E-state index is 5.96. The Hall–Kier alpha value is -2.14. The number of nitrogens with zero attached hydrogens (tertiary/aromatic N) is 2. The van der Waals surface area contributed by atoms with Crippen LogP contribution in [0.3, 0.4) is 0 Å². The summed E-state index contributed by atoms with van der Waals surface area (Å²) in [6, 6.07) is 10.1. The molecule has 0 bridgehead atoms. The van der Waals surface area contributed by atoms with Gasteiger partial charge >= 0.3 is 0 Å². The van der Waals surface area contributed by atoms with Crippen LogP contribution < -0.4 is 10.1 Å². The molecule has 4 nitrogen and oxygen atoms in total. The molecule has 1 aliphatic rings. The van der Waals surface area contributed by atoms with Crippen LogP contribution in [0.5, 0.6) is 5.75 Å². The smallest absolute Gasteiger partial charge is 0.151 e. The normalized spacial score (nSPS) is 15.5. The number of aromatic nitrogens is 2. The van der Waals surface area contributed by atoms with Gasteiger partial charge in [0, 0.05) is 5.69 Å². The molecule has 1 saturated carbocycles. The molecule has 0 atom stereocenters. The van der Waals surface area contributed by atoms with Gasteiger partial charge < -0.3 is 10.1 Å². The second-order valence-corrected chi connectivity index (χ2v) is 7.24. The highest BCUT2D eigenvalue weighted by Crippen LogP contribution is 2.28. The van der Waals surface area contributed by atoms with Crippen LogP contribution in [0.15, 0.2) is 42.0 Å². The molecule has 2 aromatic heterocycles. The molecule has 1 fully saturated rings. The van der Waals surface area contributed by atoms with E-state index < -0.39 is 0 Å². The Labute approximate surface area is 145 Å². The van der Waals surface area contributed by atoms with Gasteiger partial charge in [-0.15, -0.1) is 11.3 Å². The van der Waals surface area contributed by atoms with Crippen molar-refractivity contribution in [2.45, 2.75) is 32.1 Å². The fraction of sp³-hybridized carbons (Fsp3) is 0.368. The molecule has 0 unspecified atom stereocenters. The van der Waals surface area contributed by atoms with E-state index in [0.29, 0.717) is 0 Å². The van der Waals surface area contributed by atoms with E-state index in [-0.39, 0.29) is 0 Å². The number of hydrogen-bond acceptors (Lipinski definition) is 5. The largest absolute Gasteiger partial charge is 0.493 e. The molecule has 3 aromatic rings. The second-order valence-electron chi connectivity index (χ2n) is 6.32. The van der Waals surface area contributed by atoms with Crippen molar-refractivity contribution in [2.24, 2.45) is 5.92 Å². The van der Waals surface area contributed by atoms with Crippen LogP contribution in [0.1, 0.15) is 32.1 Å². The Morgan fingerprint density at radius 2 is 1.88 bits per heavy atom. The molecule has 124 valence electrons.